The number of nitrogens with one attached hydrogen (secondary N) is 2. The zero-order chi connectivity index (χ0) is 16.3. The van der Waals surface area contributed by atoms with Crippen LogP contribution in [0.5, 0.6) is 0 Å². The number of hydrogen-bond donors (Lipinski definition) is 2. The molecule has 2 aliphatic rings. The molecule has 2 fully saturated rings. The van der Waals surface area contributed by atoms with Gasteiger partial charge in [-0.2, -0.15) is 11.8 Å². The van der Waals surface area contributed by atoms with Crippen LogP contribution in [-0.4, -0.2) is 50.7 Å². The van der Waals surface area contributed by atoms with Gasteiger partial charge in [0.2, 0.25) is 15.9 Å². The summed E-state index contributed by atoms with van der Waals surface area (Å²) in [5, 5.41) is 6.21. The first kappa shape index (κ1) is 16.6. The van der Waals surface area contributed by atoms with Crippen molar-refractivity contribution in [2.24, 2.45) is 0 Å². The van der Waals surface area contributed by atoms with E-state index in [1.165, 1.54) is 4.31 Å². The maximum Gasteiger partial charge on any atom is 0.235 e. The van der Waals surface area contributed by atoms with Crippen LogP contribution in [0, 0.1) is 0 Å². The number of carbonyl (C=O) groups excluding carboxylic acids is 1. The van der Waals surface area contributed by atoms with Gasteiger partial charge in [0, 0.05) is 42.7 Å². The van der Waals surface area contributed by atoms with Gasteiger partial charge < -0.3 is 10.6 Å². The molecule has 6 nitrogen and oxygen atoms in total. The average molecular weight is 355 g/mol. The normalized spacial score (nSPS) is 23.7. The Labute approximate surface area is 141 Å². The van der Waals surface area contributed by atoms with E-state index in [0.717, 1.165) is 18.1 Å². The van der Waals surface area contributed by atoms with E-state index >= 15 is 0 Å². The summed E-state index contributed by atoms with van der Waals surface area (Å²) in [7, 11) is -3.16. The van der Waals surface area contributed by atoms with Crippen LogP contribution in [0.4, 0.5) is 11.4 Å². The molecule has 126 valence electrons. The largest absolute Gasteiger partial charge is 0.326 e. The standard InChI is InChI=1S/C15H21N3O3S2/c19-15(10-13-11-22-8-6-16-13)17-12-2-4-14(5-3-12)18-7-1-9-23(18,20)21/h2-5,13,16H,1,6-11H2,(H,17,19). The van der Waals surface area contributed by atoms with Crippen LogP contribution in [0.25, 0.3) is 0 Å². The monoisotopic (exact) mass is 355 g/mol. The molecule has 0 bridgehead atoms. The van der Waals surface area contributed by atoms with Gasteiger partial charge in [-0.05, 0) is 30.7 Å². The number of nitrogens with zero attached hydrogens (tertiary/aromatic N) is 1. The Morgan fingerprint density at radius 2 is 2.13 bits per heavy atom. The van der Waals surface area contributed by atoms with Crippen LogP contribution in [0.1, 0.15) is 12.8 Å². The molecule has 2 heterocycles. The fourth-order valence-corrected chi connectivity index (χ4v) is 5.34. The van der Waals surface area contributed by atoms with Gasteiger partial charge in [-0.1, -0.05) is 0 Å². The molecule has 1 aromatic carbocycles. The molecule has 2 saturated heterocycles. The summed E-state index contributed by atoms with van der Waals surface area (Å²) in [6, 6.07) is 7.22. The third-order valence-corrected chi connectivity index (χ3v) is 6.97. The molecule has 1 atom stereocenters. The van der Waals surface area contributed by atoms with Crippen molar-refractivity contribution in [3.8, 4) is 0 Å². The highest BCUT2D eigenvalue weighted by Gasteiger charge is 2.28. The fraction of sp³-hybridized carbons (Fsp3) is 0.533. The van der Waals surface area contributed by atoms with Crippen LogP contribution in [0.2, 0.25) is 0 Å². The first-order chi connectivity index (χ1) is 11.0. The van der Waals surface area contributed by atoms with Crippen molar-refractivity contribution in [3.05, 3.63) is 24.3 Å². The highest BCUT2D eigenvalue weighted by atomic mass is 32.2. The Morgan fingerprint density at radius 3 is 2.74 bits per heavy atom. The zero-order valence-corrected chi connectivity index (χ0v) is 14.5. The second kappa shape index (κ2) is 7.11. The predicted molar refractivity (Wildman–Crippen MR) is 94.6 cm³/mol. The first-order valence-corrected chi connectivity index (χ1v) is 10.5. The Kier molecular flexibility index (Phi) is 5.13. The lowest BCUT2D eigenvalue weighted by molar-refractivity contribution is -0.116. The van der Waals surface area contributed by atoms with Gasteiger partial charge in [0.1, 0.15) is 0 Å². The maximum atomic E-state index is 12.1. The number of benzene rings is 1. The van der Waals surface area contributed by atoms with Crippen LogP contribution in [-0.2, 0) is 14.8 Å². The summed E-state index contributed by atoms with van der Waals surface area (Å²) < 4.78 is 25.2. The number of rotatable bonds is 4. The van der Waals surface area contributed by atoms with Crippen molar-refractivity contribution in [3.63, 3.8) is 0 Å². The van der Waals surface area contributed by atoms with E-state index in [9.17, 15) is 13.2 Å². The van der Waals surface area contributed by atoms with E-state index in [1.807, 2.05) is 11.8 Å². The molecule has 0 saturated carbocycles. The van der Waals surface area contributed by atoms with E-state index in [4.69, 9.17) is 0 Å². The Hall–Kier alpha value is -1.25. The molecule has 23 heavy (non-hydrogen) atoms. The molecular weight excluding hydrogens is 334 g/mol. The number of sulfonamides is 1. The van der Waals surface area contributed by atoms with Crippen LogP contribution < -0.4 is 14.9 Å². The number of thioether (sulfide) groups is 1. The Bertz CT molecular complexity index is 655. The quantitative estimate of drug-likeness (QED) is 0.850. The van der Waals surface area contributed by atoms with E-state index in [1.54, 1.807) is 24.3 Å². The molecule has 0 aliphatic carbocycles. The molecule has 0 spiro atoms. The lowest BCUT2D eigenvalue weighted by Crippen LogP contribution is -2.39. The highest BCUT2D eigenvalue weighted by molar-refractivity contribution is 7.99. The van der Waals surface area contributed by atoms with E-state index in [2.05, 4.69) is 10.6 Å². The van der Waals surface area contributed by atoms with Crippen molar-refractivity contribution in [2.75, 3.05) is 40.0 Å². The van der Waals surface area contributed by atoms with E-state index in [0.29, 0.717) is 30.8 Å². The fourth-order valence-electron chi connectivity index (χ4n) is 2.83. The van der Waals surface area contributed by atoms with Gasteiger partial charge in [0.25, 0.3) is 0 Å². The lowest BCUT2D eigenvalue weighted by atomic mass is 10.2. The van der Waals surface area contributed by atoms with Crippen LogP contribution in [0.15, 0.2) is 24.3 Å². The average Bonchev–Trinajstić information content (AvgIpc) is 2.88. The SMILES string of the molecule is O=C(CC1CSCCN1)Nc1ccc(N2CCCS2(=O)=O)cc1. The van der Waals surface area contributed by atoms with Gasteiger partial charge in [-0.15, -0.1) is 0 Å². The molecule has 8 heteroatoms. The predicted octanol–water partition coefficient (Wildman–Crippen LogP) is 1.26. The molecule has 0 aromatic heterocycles. The van der Waals surface area contributed by atoms with E-state index in [-0.39, 0.29) is 17.7 Å². The molecule has 1 aromatic rings. The van der Waals surface area contributed by atoms with Crippen molar-refractivity contribution in [1.82, 2.24) is 5.32 Å². The summed E-state index contributed by atoms with van der Waals surface area (Å²) in [5.41, 5.74) is 1.35. The molecule has 3 rings (SSSR count). The molecule has 0 radical (unpaired) electrons. The summed E-state index contributed by atoms with van der Waals surface area (Å²) in [5.74, 6) is 2.24. The Morgan fingerprint density at radius 1 is 1.35 bits per heavy atom. The van der Waals surface area contributed by atoms with Crippen LogP contribution in [0.3, 0.4) is 0 Å². The van der Waals surface area contributed by atoms with Crippen molar-refractivity contribution in [1.29, 1.82) is 0 Å². The van der Waals surface area contributed by atoms with Gasteiger partial charge in [-0.3, -0.25) is 9.10 Å². The van der Waals surface area contributed by atoms with Crippen molar-refractivity contribution < 1.29 is 13.2 Å². The zero-order valence-electron chi connectivity index (χ0n) is 12.8. The minimum absolute atomic E-state index is 0.0217. The minimum atomic E-state index is -3.16. The minimum Gasteiger partial charge on any atom is -0.326 e. The number of hydrogen-bond acceptors (Lipinski definition) is 5. The molecule has 1 unspecified atom stereocenters. The van der Waals surface area contributed by atoms with Crippen molar-refractivity contribution in [2.45, 2.75) is 18.9 Å². The van der Waals surface area contributed by atoms with Crippen molar-refractivity contribution >= 4 is 39.1 Å². The summed E-state index contributed by atoms with van der Waals surface area (Å²) in [6.07, 6.45) is 1.11. The number of amides is 1. The van der Waals surface area contributed by atoms with E-state index < -0.39 is 10.0 Å². The molecule has 2 aliphatic heterocycles. The second-order valence-corrected chi connectivity index (χ2v) is 8.93. The second-order valence-electron chi connectivity index (χ2n) is 5.77. The van der Waals surface area contributed by atoms with Gasteiger partial charge in [0.05, 0.1) is 11.4 Å². The Balaban J connectivity index is 1.58. The molecular formula is C15H21N3O3S2. The molecule has 2 N–H and O–H groups in total. The molecule has 1 amide bonds. The van der Waals surface area contributed by atoms with Gasteiger partial charge in [-0.25, -0.2) is 8.42 Å². The highest BCUT2D eigenvalue weighted by Crippen LogP contribution is 2.25. The van der Waals surface area contributed by atoms with Gasteiger partial charge >= 0.3 is 0 Å². The number of carbonyl (C=O) groups is 1. The summed E-state index contributed by atoms with van der Waals surface area (Å²) in [4.78, 5) is 12.1. The summed E-state index contributed by atoms with van der Waals surface area (Å²) in [6.45, 7) is 1.47. The topological polar surface area (TPSA) is 78.5 Å². The lowest BCUT2D eigenvalue weighted by Gasteiger charge is -2.22. The smallest absolute Gasteiger partial charge is 0.235 e. The third kappa shape index (κ3) is 4.19. The van der Waals surface area contributed by atoms with Gasteiger partial charge in [0.15, 0.2) is 0 Å². The third-order valence-electron chi connectivity index (χ3n) is 3.97. The maximum absolute atomic E-state index is 12.1. The first-order valence-electron chi connectivity index (χ1n) is 7.76. The number of anilines is 2. The summed E-state index contributed by atoms with van der Waals surface area (Å²) >= 11 is 1.86. The van der Waals surface area contributed by atoms with Crippen LogP contribution >= 0.6 is 11.8 Å².